The van der Waals surface area contributed by atoms with Gasteiger partial charge in [-0.15, -0.1) is 11.3 Å². The van der Waals surface area contributed by atoms with E-state index in [4.69, 9.17) is 23.2 Å². The molecule has 0 radical (unpaired) electrons. The van der Waals surface area contributed by atoms with Crippen LogP contribution in [-0.4, -0.2) is 84.9 Å². The van der Waals surface area contributed by atoms with Crippen molar-refractivity contribution in [3.63, 3.8) is 0 Å². The summed E-state index contributed by atoms with van der Waals surface area (Å²) >= 11 is 13.3. The van der Waals surface area contributed by atoms with Crippen LogP contribution in [0.2, 0.25) is 10.0 Å². The number of hydrogen-bond donors (Lipinski definition) is 3. The van der Waals surface area contributed by atoms with E-state index in [2.05, 4.69) is 10.0 Å². The van der Waals surface area contributed by atoms with E-state index in [0.29, 0.717) is 17.7 Å². The fraction of sp³-hybridized carbons (Fsp3) is 0.414. The monoisotopic (exact) mass is 666 g/mol. The quantitative estimate of drug-likeness (QED) is 0.303. The second-order valence-electron chi connectivity index (χ2n) is 11.3. The van der Waals surface area contributed by atoms with Crippen LogP contribution in [-0.2, 0) is 19.6 Å². The summed E-state index contributed by atoms with van der Waals surface area (Å²) < 4.78 is 29.1. The average Bonchev–Trinajstić information content (AvgIpc) is 3.69. The molecule has 3 N–H and O–H groups in total. The van der Waals surface area contributed by atoms with Crippen LogP contribution in [0.1, 0.15) is 36.4 Å². The molecular formula is C29H32Cl2N4O6S2. The first-order valence-electron chi connectivity index (χ1n) is 13.9. The van der Waals surface area contributed by atoms with E-state index in [-0.39, 0.29) is 57.8 Å². The predicted molar refractivity (Wildman–Crippen MR) is 166 cm³/mol. The highest BCUT2D eigenvalue weighted by atomic mass is 35.5. The molecule has 1 aromatic heterocycles. The van der Waals surface area contributed by atoms with Crippen molar-refractivity contribution in [1.82, 2.24) is 19.8 Å². The number of carbonyl (C=O) groups is 3. The van der Waals surface area contributed by atoms with Gasteiger partial charge in [-0.1, -0.05) is 55.2 Å². The molecule has 2 saturated heterocycles. The third kappa shape index (κ3) is 6.69. The van der Waals surface area contributed by atoms with Crippen molar-refractivity contribution in [3.8, 4) is 0 Å². The number of benzene rings is 2. The van der Waals surface area contributed by atoms with E-state index in [1.165, 1.54) is 34.4 Å². The molecule has 2 aliphatic heterocycles. The number of fused-ring (bicyclic) bond motifs is 3. The molecule has 2 aliphatic rings. The average molecular weight is 668 g/mol. The standard InChI is InChI=1S/C29H32Cl2N4O6S2/c1-16(2)9-22(32-27(37)25-10-17-5-3-4-6-24(17)42-25)28(38)34-13-20-12-19(34)14-35(20)29(39)23(15-36)33-43(40,41)26-8-7-18(30)11-21(26)31/h3-8,10-11,16,19-20,22-23,33,36H,9,12-15H2,1-2H3,(H,32,37)/t19-,20-,22?,23+/m0/s1. The molecule has 10 nitrogen and oxygen atoms in total. The Morgan fingerprint density at radius 3 is 2.23 bits per heavy atom. The summed E-state index contributed by atoms with van der Waals surface area (Å²) in [6.45, 7) is 3.63. The molecule has 3 heterocycles. The molecule has 14 heteroatoms. The lowest BCUT2D eigenvalue weighted by molar-refractivity contribution is -0.142. The maximum atomic E-state index is 13.7. The Balaban J connectivity index is 1.25. The number of halogens is 2. The zero-order chi connectivity index (χ0) is 31.1. The number of carbonyl (C=O) groups excluding carboxylic acids is 3. The van der Waals surface area contributed by atoms with Gasteiger partial charge in [0.2, 0.25) is 21.8 Å². The second kappa shape index (κ2) is 12.7. The first-order chi connectivity index (χ1) is 20.4. The summed E-state index contributed by atoms with van der Waals surface area (Å²) in [5.41, 5.74) is 0. The number of piperazine rings is 1. The molecule has 0 aliphatic carbocycles. The van der Waals surface area contributed by atoms with Crippen LogP contribution in [0.4, 0.5) is 0 Å². The van der Waals surface area contributed by atoms with Crippen molar-refractivity contribution >= 4 is 72.4 Å². The Hall–Kier alpha value is -2.74. The van der Waals surface area contributed by atoms with Gasteiger partial charge in [-0.25, -0.2) is 8.42 Å². The fourth-order valence-corrected chi connectivity index (χ4v) is 8.65. The number of nitrogens with one attached hydrogen (secondary N) is 2. The first kappa shape index (κ1) is 31.7. The van der Waals surface area contributed by atoms with Crippen LogP contribution >= 0.6 is 34.5 Å². The third-order valence-electron chi connectivity index (χ3n) is 7.73. The molecule has 1 unspecified atom stereocenters. The zero-order valence-corrected chi connectivity index (χ0v) is 26.6. The van der Waals surface area contributed by atoms with E-state index in [0.717, 1.165) is 10.1 Å². The smallest absolute Gasteiger partial charge is 0.262 e. The predicted octanol–water partition coefficient (Wildman–Crippen LogP) is 3.50. The van der Waals surface area contributed by atoms with E-state index >= 15 is 0 Å². The molecule has 4 atom stereocenters. The lowest BCUT2D eigenvalue weighted by Gasteiger charge is -2.37. The van der Waals surface area contributed by atoms with Gasteiger partial charge in [0.25, 0.3) is 5.91 Å². The maximum Gasteiger partial charge on any atom is 0.262 e. The van der Waals surface area contributed by atoms with Crippen LogP contribution in [0.15, 0.2) is 53.4 Å². The molecule has 0 saturated carbocycles. The largest absolute Gasteiger partial charge is 0.394 e. The number of nitrogens with zero attached hydrogens (tertiary/aromatic N) is 2. The fourth-order valence-electron chi connectivity index (χ4n) is 5.73. The number of hydrogen-bond acceptors (Lipinski definition) is 7. The molecule has 0 spiro atoms. The van der Waals surface area contributed by atoms with Crippen molar-refractivity contribution in [2.45, 2.75) is 55.8 Å². The number of aliphatic hydroxyl groups excluding tert-OH is 1. The van der Waals surface area contributed by atoms with Crippen LogP contribution in [0, 0.1) is 5.92 Å². The van der Waals surface area contributed by atoms with Crippen LogP contribution in [0.25, 0.3) is 10.1 Å². The molecule has 5 rings (SSSR count). The van der Waals surface area contributed by atoms with E-state index in [9.17, 15) is 27.9 Å². The number of thiophene rings is 1. The summed E-state index contributed by atoms with van der Waals surface area (Å²) in [5, 5.41) is 14.0. The van der Waals surface area contributed by atoms with Gasteiger partial charge in [0.05, 0.1) is 28.6 Å². The summed E-state index contributed by atoms with van der Waals surface area (Å²) in [7, 11) is -4.25. The maximum absolute atomic E-state index is 13.7. The molecule has 3 amide bonds. The SMILES string of the molecule is CC(C)CC(NC(=O)c1cc2ccccc2s1)C(=O)N1C[C@@H]2C[C@H]1CN2C(=O)[C@@H](CO)NS(=O)(=O)c1ccc(Cl)cc1Cl. The van der Waals surface area contributed by atoms with Gasteiger partial charge < -0.3 is 20.2 Å². The highest BCUT2D eigenvalue weighted by Gasteiger charge is 2.49. The number of rotatable bonds is 10. The van der Waals surface area contributed by atoms with Crippen molar-refractivity contribution < 1.29 is 27.9 Å². The van der Waals surface area contributed by atoms with Crippen molar-refractivity contribution in [3.05, 3.63) is 63.5 Å². The van der Waals surface area contributed by atoms with Crippen LogP contribution < -0.4 is 10.0 Å². The molecule has 3 aromatic rings. The third-order valence-corrected chi connectivity index (χ3v) is 11.0. The van der Waals surface area contributed by atoms with Crippen molar-refractivity contribution in [2.75, 3.05) is 19.7 Å². The number of likely N-dealkylation sites (tertiary alicyclic amines) is 2. The Kier molecular flexibility index (Phi) is 9.36. The molecular weight excluding hydrogens is 635 g/mol. The summed E-state index contributed by atoms with van der Waals surface area (Å²) in [6, 6.07) is 10.6. The summed E-state index contributed by atoms with van der Waals surface area (Å²) in [4.78, 5) is 43.8. The minimum Gasteiger partial charge on any atom is -0.394 e. The molecule has 2 fully saturated rings. The van der Waals surface area contributed by atoms with Crippen molar-refractivity contribution in [1.29, 1.82) is 0 Å². The normalized spacial score (nSPS) is 19.7. The molecule has 230 valence electrons. The minimum absolute atomic E-state index is 0.117. The molecule has 43 heavy (non-hydrogen) atoms. The molecule has 2 bridgehead atoms. The van der Waals surface area contributed by atoms with Crippen LogP contribution in [0.5, 0.6) is 0 Å². The lowest BCUT2D eigenvalue weighted by Crippen LogP contribution is -2.59. The minimum atomic E-state index is -4.25. The lowest BCUT2D eigenvalue weighted by atomic mass is 10.0. The van der Waals surface area contributed by atoms with Gasteiger partial charge in [0.15, 0.2) is 0 Å². The highest BCUT2D eigenvalue weighted by molar-refractivity contribution is 7.89. The van der Waals surface area contributed by atoms with E-state index in [1.54, 1.807) is 4.90 Å². The Morgan fingerprint density at radius 2 is 1.65 bits per heavy atom. The summed E-state index contributed by atoms with van der Waals surface area (Å²) in [5.74, 6) is -0.964. The van der Waals surface area contributed by atoms with Gasteiger partial charge in [0.1, 0.15) is 17.0 Å². The highest BCUT2D eigenvalue weighted by Crippen LogP contribution is 2.33. The summed E-state index contributed by atoms with van der Waals surface area (Å²) in [6.07, 6.45) is 0.970. The number of aliphatic hydroxyl groups is 1. The topological polar surface area (TPSA) is 136 Å². The van der Waals surface area contributed by atoms with Gasteiger partial charge in [-0.3, -0.25) is 14.4 Å². The van der Waals surface area contributed by atoms with E-state index in [1.807, 2.05) is 44.2 Å². The zero-order valence-electron chi connectivity index (χ0n) is 23.5. The molecule has 2 aromatic carbocycles. The van der Waals surface area contributed by atoms with Gasteiger partial charge in [0, 0.05) is 22.8 Å². The van der Waals surface area contributed by atoms with Gasteiger partial charge in [-0.05, 0) is 54.5 Å². The number of amides is 3. The van der Waals surface area contributed by atoms with Gasteiger partial charge in [-0.2, -0.15) is 4.72 Å². The second-order valence-corrected chi connectivity index (χ2v) is 14.9. The Morgan fingerprint density at radius 1 is 1.00 bits per heavy atom. The Labute approximate surface area is 264 Å². The number of sulfonamides is 1. The van der Waals surface area contributed by atoms with E-state index < -0.39 is 34.6 Å². The van der Waals surface area contributed by atoms with Gasteiger partial charge >= 0.3 is 0 Å². The Bertz CT molecular complexity index is 1630. The first-order valence-corrected chi connectivity index (χ1v) is 16.9. The van der Waals surface area contributed by atoms with Crippen molar-refractivity contribution in [2.24, 2.45) is 5.92 Å². The van der Waals surface area contributed by atoms with Crippen LogP contribution in [0.3, 0.4) is 0 Å².